The number of nitrogens with two attached hydrogens (primary N) is 1. The molecule has 1 aromatic carbocycles. The van der Waals surface area contributed by atoms with E-state index in [4.69, 9.17) is 5.73 Å². The van der Waals surface area contributed by atoms with E-state index in [1.807, 2.05) is 13.8 Å². The largest absolute Gasteiger partial charge is 0.399 e. The lowest BCUT2D eigenvalue weighted by molar-refractivity contribution is 0.405. The molecule has 0 aromatic heterocycles. The number of nitrogens with zero attached hydrogens (tertiary/aromatic N) is 1. The molecule has 1 heterocycles. The van der Waals surface area contributed by atoms with Crippen LogP contribution in [0.25, 0.3) is 0 Å². The van der Waals surface area contributed by atoms with Gasteiger partial charge in [-0.2, -0.15) is 4.31 Å². The minimum Gasteiger partial charge on any atom is -0.399 e. The van der Waals surface area contributed by atoms with Gasteiger partial charge in [-0.05, 0) is 38.3 Å². The van der Waals surface area contributed by atoms with Crippen molar-refractivity contribution in [3.05, 3.63) is 23.5 Å². The third kappa shape index (κ3) is 2.47. The Hall–Kier alpha value is -1.14. The minimum absolute atomic E-state index is 0.0223. The number of nitrogen functional groups attached to an aromatic ring is 1. The standard InChI is InChI=1S/C13H19FN2O2S/c1-8-4-9(2)16(7-8)19(17,18)13-6-11(15)5-12(14)10(13)3/h5-6,8-9H,4,7,15H2,1-3H3. The fourth-order valence-electron chi connectivity index (χ4n) is 2.66. The molecule has 2 unspecified atom stereocenters. The van der Waals surface area contributed by atoms with Crippen LogP contribution < -0.4 is 5.73 Å². The molecule has 0 saturated carbocycles. The molecule has 1 fully saturated rings. The van der Waals surface area contributed by atoms with E-state index >= 15 is 0 Å². The highest BCUT2D eigenvalue weighted by atomic mass is 32.2. The Balaban J connectivity index is 2.52. The van der Waals surface area contributed by atoms with Crippen LogP contribution >= 0.6 is 0 Å². The Bertz CT molecular complexity index is 601. The van der Waals surface area contributed by atoms with Crippen molar-refractivity contribution in [2.24, 2.45) is 5.92 Å². The van der Waals surface area contributed by atoms with Crippen LogP contribution in [0.1, 0.15) is 25.8 Å². The van der Waals surface area contributed by atoms with E-state index < -0.39 is 15.8 Å². The first kappa shape index (κ1) is 14.3. The maximum atomic E-state index is 13.7. The summed E-state index contributed by atoms with van der Waals surface area (Å²) in [5, 5.41) is 0. The van der Waals surface area contributed by atoms with E-state index in [0.29, 0.717) is 12.5 Å². The highest BCUT2D eigenvalue weighted by molar-refractivity contribution is 7.89. The van der Waals surface area contributed by atoms with Crippen molar-refractivity contribution in [3.63, 3.8) is 0 Å². The zero-order valence-electron chi connectivity index (χ0n) is 11.4. The summed E-state index contributed by atoms with van der Waals surface area (Å²) in [5.41, 5.74) is 5.82. The molecule has 2 N–H and O–H groups in total. The second kappa shape index (κ2) is 4.76. The summed E-state index contributed by atoms with van der Waals surface area (Å²) in [5.74, 6) is -0.269. The van der Waals surface area contributed by atoms with E-state index in [-0.39, 0.29) is 22.2 Å². The lowest BCUT2D eigenvalue weighted by Gasteiger charge is -2.22. The summed E-state index contributed by atoms with van der Waals surface area (Å²) in [4.78, 5) is -0.0223. The number of halogens is 1. The summed E-state index contributed by atoms with van der Waals surface area (Å²) in [6, 6.07) is 2.41. The van der Waals surface area contributed by atoms with Crippen molar-refractivity contribution >= 4 is 15.7 Å². The average Bonchev–Trinajstić information content (AvgIpc) is 2.63. The SMILES string of the molecule is Cc1c(F)cc(N)cc1S(=O)(=O)N1CC(C)CC1C. The molecule has 0 amide bonds. The third-order valence-corrected chi connectivity index (χ3v) is 5.74. The van der Waals surface area contributed by atoms with Crippen LogP contribution in [0.5, 0.6) is 0 Å². The van der Waals surface area contributed by atoms with E-state index in [2.05, 4.69) is 0 Å². The van der Waals surface area contributed by atoms with E-state index in [0.717, 1.165) is 12.5 Å². The normalized spacial score (nSPS) is 24.8. The van der Waals surface area contributed by atoms with Gasteiger partial charge in [-0.25, -0.2) is 12.8 Å². The van der Waals surface area contributed by atoms with Crippen molar-refractivity contribution in [1.29, 1.82) is 0 Å². The van der Waals surface area contributed by atoms with Crippen LogP contribution in [0, 0.1) is 18.7 Å². The zero-order chi connectivity index (χ0) is 14.4. The van der Waals surface area contributed by atoms with Crippen LogP contribution in [0.2, 0.25) is 0 Å². The molecule has 0 aliphatic carbocycles. The van der Waals surface area contributed by atoms with Crippen molar-refractivity contribution in [2.45, 2.75) is 38.1 Å². The Morgan fingerprint density at radius 3 is 2.53 bits per heavy atom. The molecule has 4 nitrogen and oxygen atoms in total. The maximum Gasteiger partial charge on any atom is 0.243 e. The average molecular weight is 286 g/mol. The number of hydrogen-bond acceptors (Lipinski definition) is 3. The molecule has 2 rings (SSSR count). The van der Waals surface area contributed by atoms with Gasteiger partial charge in [0.1, 0.15) is 5.82 Å². The Morgan fingerprint density at radius 2 is 2.00 bits per heavy atom. The molecule has 106 valence electrons. The predicted molar refractivity (Wildman–Crippen MR) is 72.7 cm³/mol. The fraction of sp³-hybridized carbons (Fsp3) is 0.538. The van der Waals surface area contributed by atoms with Gasteiger partial charge >= 0.3 is 0 Å². The lowest BCUT2D eigenvalue weighted by atomic mass is 10.1. The second-order valence-electron chi connectivity index (χ2n) is 5.39. The molecule has 19 heavy (non-hydrogen) atoms. The van der Waals surface area contributed by atoms with Gasteiger partial charge in [-0.1, -0.05) is 6.92 Å². The van der Waals surface area contributed by atoms with Gasteiger partial charge in [-0.3, -0.25) is 0 Å². The first-order valence-corrected chi connectivity index (χ1v) is 7.75. The van der Waals surface area contributed by atoms with Gasteiger partial charge < -0.3 is 5.73 Å². The summed E-state index contributed by atoms with van der Waals surface area (Å²) >= 11 is 0. The molecule has 1 aliphatic heterocycles. The van der Waals surface area contributed by atoms with Crippen LogP contribution in [0.15, 0.2) is 17.0 Å². The topological polar surface area (TPSA) is 63.4 Å². The van der Waals surface area contributed by atoms with Crippen LogP contribution in [0.4, 0.5) is 10.1 Å². The van der Waals surface area contributed by atoms with Gasteiger partial charge in [-0.15, -0.1) is 0 Å². The monoisotopic (exact) mass is 286 g/mol. The molecule has 1 saturated heterocycles. The number of sulfonamides is 1. The smallest absolute Gasteiger partial charge is 0.243 e. The van der Waals surface area contributed by atoms with Crippen molar-refractivity contribution in [1.82, 2.24) is 4.31 Å². The van der Waals surface area contributed by atoms with Gasteiger partial charge in [0.05, 0.1) is 4.90 Å². The number of hydrogen-bond donors (Lipinski definition) is 1. The first-order chi connectivity index (χ1) is 8.73. The highest BCUT2D eigenvalue weighted by Crippen LogP contribution is 2.31. The Kier molecular flexibility index (Phi) is 3.57. The molecule has 1 aliphatic rings. The summed E-state index contributed by atoms with van der Waals surface area (Å²) in [6.07, 6.45) is 0.822. The summed E-state index contributed by atoms with van der Waals surface area (Å²) in [7, 11) is -3.68. The van der Waals surface area contributed by atoms with E-state index in [1.165, 1.54) is 17.3 Å². The lowest BCUT2D eigenvalue weighted by Crippen LogP contribution is -2.34. The maximum absolute atomic E-state index is 13.7. The summed E-state index contributed by atoms with van der Waals surface area (Å²) in [6.45, 7) is 5.82. The molecule has 2 atom stereocenters. The summed E-state index contributed by atoms with van der Waals surface area (Å²) < 4.78 is 40.4. The Labute approximate surface area is 113 Å². The molecule has 1 aromatic rings. The predicted octanol–water partition coefficient (Wildman–Crippen LogP) is 2.14. The highest BCUT2D eigenvalue weighted by Gasteiger charge is 2.37. The third-order valence-electron chi connectivity index (χ3n) is 3.63. The fourth-order valence-corrected chi connectivity index (χ4v) is 4.70. The van der Waals surface area contributed by atoms with Crippen molar-refractivity contribution < 1.29 is 12.8 Å². The molecule has 0 bridgehead atoms. The number of benzene rings is 1. The van der Waals surface area contributed by atoms with Crippen LogP contribution in [-0.2, 0) is 10.0 Å². The van der Waals surface area contributed by atoms with E-state index in [1.54, 1.807) is 0 Å². The Morgan fingerprint density at radius 1 is 1.37 bits per heavy atom. The molecular formula is C13H19FN2O2S. The van der Waals surface area contributed by atoms with Gasteiger partial charge in [0.25, 0.3) is 0 Å². The first-order valence-electron chi connectivity index (χ1n) is 6.31. The molecule has 0 spiro atoms. The van der Waals surface area contributed by atoms with Crippen molar-refractivity contribution in [3.8, 4) is 0 Å². The van der Waals surface area contributed by atoms with Gasteiger partial charge in [0.15, 0.2) is 0 Å². The minimum atomic E-state index is -3.68. The molecule has 0 radical (unpaired) electrons. The van der Waals surface area contributed by atoms with Crippen LogP contribution in [0.3, 0.4) is 0 Å². The molecular weight excluding hydrogens is 267 g/mol. The number of rotatable bonds is 2. The zero-order valence-corrected chi connectivity index (χ0v) is 12.2. The second-order valence-corrected chi connectivity index (χ2v) is 7.25. The van der Waals surface area contributed by atoms with Gasteiger partial charge in [0, 0.05) is 23.8 Å². The van der Waals surface area contributed by atoms with Crippen molar-refractivity contribution in [2.75, 3.05) is 12.3 Å². The number of anilines is 1. The van der Waals surface area contributed by atoms with E-state index in [9.17, 15) is 12.8 Å². The molecule has 6 heteroatoms. The van der Waals surface area contributed by atoms with Gasteiger partial charge in [0.2, 0.25) is 10.0 Å². The van der Waals surface area contributed by atoms with Crippen LogP contribution in [-0.4, -0.2) is 25.3 Å². The quantitative estimate of drug-likeness (QED) is 0.847.